The molecule has 0 saturated heterocycles. The topological polar surface area (TPSA) is 50.9 Å². The number of halogens is 1. The maximum Gasteiger partial charge on any atom is 0.0950 e. The van der Waals surface area contributed by atoms with E-state index in [9.17, 15) is 0 Å². The van der Waals surface area contributed by atoms with Crippen LogP contribution in [-0.2, 0) is 6.42 Å². The molecule has 0 fully saturated rings. The van der Waals surface area contributed by atoms with E-state index in [0.29, 0.717) is 0 Å². The van der Waals surface area contributed by atoms with Crippen molar-refractivity contribution in [1.82, 2.24) is 10.4 Å². The molecule has 0 aliphatic heterocycles. The van der Waals surface area contributed by atoms with Gasteiger partial charge in [0.05, 0.1) is 16.7 Å². The number of aromatic nitrogens is 1. The molecule has 1 heterocycles. The fourth-order valence-electron chi connectivity index (χ4n) is 1.90. The van der Waals surface area contributed by atoms with Crippen LogP contribution in [0.15, 0.2) is 22.7 Å². The van der Waals surface area contributed by atoms with Gasteiger partial charge in [-0.25, -0.2) is 4.98 Å². The van der Waals surface area contributed by atoms with E-state index < -0.39 is 0 Å². The first-order chi connectivity index (χ1) is 9.01. The Labute approximate surface area is 126 Å². The first-order valence-corrected chi connectivity index (χ1v) is 7.77. The summed E-state index contributed by atoms with van der Waals surface area (Å²) in [6, 6.07) is 6.41. The van der Waals surface area contributed by atoms with E-state index in [1.54, 1.807) is 11.3 Å². The lowest BCUT2D eigenvalue weighted by atomic mass is 10.0. The second kappa shape index (κ2) is 6.13. The molecule has 1 aromatic carbocycles. The molecule has 0 amide bonds. The van der Waals surface area contributed by atoms with E-state index in [1.165, 1.54) is 16.0 Å². The van der Waals surface area contributed by atoms with Gasteiger partial charge in [-0.05, 0) is 38.0 Å². The molecule has 0 aliphatic rings. The van der Waals surface area contributed by atoms with Crippen molar-refractivity contribution in [3.8, 4) is 0 Å². The van der Waals surface area contributed by atoms with Crippen LogP contribution in [0.1, 0.15) is 32.7 Å². The second-order valence-electron chi connectivity index (χ2n) is 4.68. The molecule has 1 unspecified atom stereocenters. The van der Waals surface area contributed by atoms with Gasteiger partial charge in [0.25, 0.3) is 0 Å². The zero-order valence-corrected chi connectivity index (χ0v) is 13.7. The van der Waals surface area contributed by atoms with Gasteiger partial charge in [0.15, 0.2) is 0 Å². The molecule has 1 aromatic heterocycles. The molecule has 0 radical (unpaired) electrons. The average Bonchev–Trinajstić information content (AvgIpc) is 2.69. The maximum atomic E-state index is 5.70. The van der Waals surface area contributed by atoms with Gasteiger partial charge in [-0.1, -0.05) is 28.1 Å². The molecule has 1 atom stereocenters. The van der Waals surface area contributed by atoms with Crippen LogP contribution >= 0.6 is 27.3 Å². The van der Waals surface area contributed by atoms with Gasteiger partial charge in [-0.3, -0.25) is 11.3 Å². The highest BCUT2D eigenvalue weighted by molar-refractivity contribution is 9.10. The number of nitrogens with one attached hydrogen (secondary N) is 1. The van der Waals surface area contributed by atoms with Crippen LogP contribution in [0.3, 0.4) is 0 Å². The normalized spacial score (nSPS) is 12.7. The Morgan fingerprint density at radius 2 is 2.11 bits per heavy atom. The molecular formula is C14H18BrN3S. The summed E-state index contributed by atoms with van der Waals surface area (Å²) in [5.74, 6) is 5.70. The minimum Gasteiger partial charge on any atom is -0.271 e. The summed E-state index contributed by atoms with van der Waals surface area (Å²) >= 11 is 5.30. The van der Waals surface area contributed by atoms with E-state index in [2.05, 4.69) is 58.4 Å². The Bertz CT molecular complexity index is 561. The fraction of sp³-hybridized carbons (Fsp3) is 0.357. The van der Waals surface area contributed by atoms with E-state index in [-0.39, 0.29) is 6.04 Å². The summed E-state index contributed by atoms with van der Waals surface area (Å²) in [7, 11) is 0. The molecular weight excluding hydrogens is 322 g/mol. The van der Waals surface area contributed by atoms with Crippen LogP contribution in [0.4, 0.5) is 0 Å². The highest BCUT2D eigenvalue weighted by Crippen LogP contribution is 2.26. The monoisotopic (exact) mass is 339 g/mol. The summed E-state index contributed by atoms with van der Waals surface area (Å²) < 4.78 is 1.11. The van der Waals surface area contributed by atoms with Gasteiger partial charge < -0.3 is 0 Å². The highest BCUT2D eigenvalue weighted by atomic mass is 79.9. The molecule has 19 heavy (non-hydrogen) atoms. The number of hydrogen-bond donors (Lipinski definition) is 2. The van der Waals surface area contributed by atoms with Gasteiger partial charge >= 0.3 is 0 Å². The number of benzene rings is 1. The molecule has 0 saturated carbocycles. The zero-order chi connectivity index (χ0) is 14.0. The number of thiazole rings is 1. The molecule has 2 aromatic rings. The smallest absolute Gasteiger partial charge is 0.0950 e. The number of nitrogens with zero attached hydrogens (tertiary/aromatic N) is 1. The van der Waals surface area contributed by atoms with Gasteiger partial charge in [-0.2, -0.15) is 0 Å². The first-order valence-electron chi connectivity index (χ1n) is 6.16. The average molecular weight is 340 g/mol. The van der Waals surface area contributed by atoms with Crippen LogP contribution in [0.2, 0.25) is 0 Å². The lowest BCUT2D eigenvalue weighted by molar-refractivity contribution is 0.550. The van der Waals surface area contributed by atoms with Crippen LogP contribution in [-0.4, -0.2) is 4.98 Å². The lowest BCUT2D eigenvalue weighted by Gasteiger charge is -2.16. The van der Waals surface area contributed by atoms with E-state index >= 15 is 0 Å². The number of hydrogen-bond acceptors (Lipinski definition) is 4. The minimum absolute atomic E-state index is 0.0850. The third-order valence-corrected chi connectivity index (χ3v) is 5.20. The van der Waals surface area contributed by atoms with E-state index in [0.717, 1.165) is 21.6 Å². The van der Waals surface area contributed by atoms with Crippen molar-refractivity contribution in [1.29, 1.82) is 0 Å². The van der Waals surface area contributed by atoms with Crippen molar-refractivity contribution in [3.63, 3.8) is 0 Å². The van der Waals surface area contributed by atoms with Gasteiger partial charge in [0.2, 0.25) is 0 Å². The summed E-state index contributed by atoms with van der Waals surface area (Å²) in [5.41, 5.74) is 6.39. The molecule has 0 bridgehead atoms. The third kappa shape index (κ3) is 3.42. The SMILES string of the molecule is Cc1ccc(C(Cc2nc(C)c(C)s2)NN)cc1Br. The quantitative estimate of drug-likeness (QED) is 0.661. The van der Waals surface area contributed by atoms with Gasteiger partial charge in [0.1, 0.15) is 0 Å². The number of rotatable bonds is 4. The largest absolute Gasteiger partial charge is 0.271 e. The zero-order valence-electron chi connectivity index (χ0n) is 11.3. The fourth-order valence-corrected chi connectivity index (χ4v) is 3.28. The molecule has 102 valence electrons. The number of nitrogens with two attached hydrogens (primary N) is 1. The van der Waals surface area contributed by atoms with E-state index in [1.807, 2.05) is 6.92 Å². The predicted octanol–water partition coefficient (Wildman–Crippen LogP) is 3.58. The van der Waals surface area contributed by atoms with Crippen molar-refractivity contribution < 1.29 is 0 Å². The van der Waals surface area contributed by atoms with Crippen LogP contribution < -0.4 is 11.3 Å². The first kappa shape index (κ1) is 14.7. The lowest BCUT2D eigenvalue weighted by Crippen LogP contribution is -2.29. The maximum absolute atomic E-state index is 5.70. The van der Waals surface area contributed by atoms with Crippen molar-refractivity contribution in [2.24, 2.45) is 5.84 Å². The van der Waals surface area contributed by atoms with Crippen LogP contribution in [0.5, 0.6) is 0 Å². The molecule has 5 heteroatoms. The summed E-state index contributed by atoms with van der Waals surface area (Å²) in [6.07, 6.45) is 0.811. The Kier molecular flexibility index (Phi) is 4.73. The number of aryl methyl sites for hydroxylation is 3. The Balaban J connectivity index is 2.22. The third-order valence-electron chi connectivity index (χ3n) is 3.25. The van der Waals surface area contributed by atoms with E-state index in [4.69, 9.17) is 5.84 Å². The molecule has 0 spiro atoms. The highest BCUT2D eigenvalue weighted by Gasteiger charge is 2.14. The summed E-state index contributed by atoms with van der Waals surface area (Å²) in [5, 5.41) is 1.12. The molecule has 2 rings (SSSR count). The van der Waals surface area contributed by atoms with Crippen LogP contribution in [0.25, 0.3) is 0 Å². The Hall–Kier alpha value is -0.750. The Morgan fingerprint density at radius 1 is 1.37 bits per heavy atom. The van der Waals surface area contributed by atoms with Gasteiger partial charge in [0, 0.05) is 15.8 Å². The Morgan fingerprint density at radius 3 is 2.63 bits per heavy atom. The predicted molar refractivity (Wildman–Crippen MR) is 84.2 cm³/mol. The van der Waals surface area contributed by atoms with Crippen LogP contribution in [0, 0.1) is 20.8 Å². The number of hydrazine groups is 1. The summed E-state index contributed by atoms with van der Waals surface area (Å²) in [4.78, 5) is 5.85. The van der Waals surface area contributed by atoms with Gasteiger partial charge in [-0.15, -0.1) is 11.3 Å². The molecule has 0 aliphatic carbocycles. The van der Waals surface area contributed by atoms with Crippen molar-refractivity contribution in [2.45, 2.75) is 33.2 Å². The molecule has 3 nitrogen and oxygen atoms in total. The summed E-state index contributed by atoms with van der Waals surface area (Å²) in [6.45, 7) is 6.22. The van der Waals surface area contributed by atoms with Crippen molar-refractivity contribution in [3.05, 3.63) is 49.4 Å². The second-order valence-corrected chi connectivity index (χ2v) is 6.82. The standard InChI is InChI=1S/C14H18BrN3S/c1-8-4-5-11(6-12(8)15)13(18-16)7-14-17-9(2)10(3)19-14/h4-6,13,18H,7,16H2,1-3H3. The van der Waals surface area contributed by atoms with Crippen molar-refractivity contribution in [2.75, 3.05) is 0 Å². The minimum atomic E-state index is 0.0850. The molecule has 3 N–H and O–H groups in total. The van der Waals surface area contributed by atoms with Crippen molar-refractivity contribution >= 4 is 27.3 Å².